The van der Waals surface area contributed by atoms with Gasteiger partial charge in [-0.05, 0) is 43.7 Å². The van der Waals surface area contributed by atoms with E-state index in [2.05, 4.69) is 5.10 Å². The van der Waals surface area contributed by atoms with E-state index in [0.717, 1.165) is 27.8 Å². The molecule has 2 aliphatic rings. The third kappa shape index (κ3) is 4.02. The molecule has 2 aliphatic heterocycles. The van der Waals surface area contributed by atoms with Gasteiger partial charge in [-0.3, -0.25) is 9.59 Å². The zero-order valence-electron chi connectivity index (χ0n) is 21.7. The molecule has 0 spiro atoms. The van der Waals surface area contributed by atoms with Crippen LogP contribution in [0, 0.1) is 5.41 Å². The van der Waals surface area contributed by atoms with Gasteiger partial charge < -0.3 is 19.5 Å². The third-order valence-corrected chi connectivity index (χ3v) is 8.61. The number of hydrogen-bond donors (Lipinski definition) is 1. The number of nitrogens with zero attached hydrogens (tertiary/aromatic N) is 5. The zero-order valence-corrected chi connectivity index (χ0v) is 22.5. The maximum atomic E-state index is 14.1. The highest BCUT2D eigenvalue weighted by Crippen LogP contribution is 2.51. The predicted molar refractivity (Wildman–Crippen MR) is 151 cm³/mol. The molecule has 6 rings (SSSR count). The quantitative estimate of drug-likeness (QED) is 0.405. The van der Waals surface area contributed by atoms with Crippen molar-refractivity contribution >= 4 is 40.2 Å². The average molecular weight is 542 g/mol. The minimum Gasteiger partial charge on any atom is -0.477 e. The summed E-state index contributed by atoms with van der Waals surface area (Å²) in [5, 5.41) is 15.0. The Kier molecular flexibility index (Phi) is 5.87. The first kappa shape index (κ1) is 25.0. The molecule has 0 radical (unpaired) electrons. The summed E-state index contributed by atoms with van der Waals surface area (Å²) in [4.78, 5) is 41.8. The number of carbonyl (C=O) groups is 2. The van der Waals surface area contributed by atoms with Gasteiger partial charge in [-0.15, -0.1) is 0 Å². The van der Waals surface area contributed by atoms with E-state index in [1.54, 1.807) is 36.4 Å². The molecule has 1 N–H and O–H groups in total. The van der Waals surface area contributed by atoms with Gasteiger partial charge in [0.25, 0.3) is 0 Å². The van der Waals surface area contributed by atoms with Crippen LogP contribution in [0.15, 0.2) is 89.0 Å². The molecule has 2 aromatic heterocycles. The van der Waals surface area contributed by atoms with Crippen LogP contribution in [0.4, 0.5) is 5.69 Å². The number of aliphatic carboxylic acids is 1. The first-order chi connectivity index (χ1) is 18.7. The number of pyridine rings is 1. The number of rotatable bonds is 5. The number of anilines is 1. The SMILES string of the molecule is Cn1cc(-n2ncc3cc(N4C(=O)C(C)(C)[C@@H](N5C=C(C(=O)O)SC5)[C@@H]4c4ccccc4)ccc32)ccc1=O. The van der Waals surface area contributed by atoms with Crippen molar-refractivity contribution in [1.29, 1.82) is 0 Å². The Hall–Kier alpha value is -4.31. The summed E-state index contributed by atoms with van der Waals surface area (Å²) in [6.07, 6.45) is 5.16. The Morgan fingerprint density at radius 1 is 1.05 bits per heavy atom. The monoisotopic (exact) mass is 541 g/mol. The molecule has 198 valence electrons. The largest absolute Gasteiger partial charge is 0.477 e. The van der Waals surface area contributed by atoms with Crippen LogP contribution in [0.25, 0.3) is 16.6 Å². The molecule has 4 aromatic rings. The number of aryl methyl sites for hydroxylation is 1. The number of carboxylic acids is 1. The Labute approximate surface area is 228 Å². The second-order valence-electron chi connectivity index (χ2n) is 10.4. The topological polar surface area (TPSA) is 101 Å². The highest BCUT2D eigenvalue weighted by molar-refractivity contribution is 8.04. The molecule has 0 aliphatic carbocycles. The Morgan fingerprint density at radius 3 is 2.49 bits per heavy atom. The number of thioether (sulfide) groups is 1. The van der Waals surface area contributed by atoms with E-state index < -0.39 is 11.4 Å². The molecule has 1 saturated heterocycles. The van der Waals surface area contributed by atoms with Crippen LogP contribution in [0.1, 0.15) is 25.5 Å². The molecule has 10 heteroatoms. The second-order valence-corrected chi connectivity index (χ2v) is 11.4. The van der Waals surface area contributed by atoms with Crippen molar-refractivity contribution in [1.82, 2.24) is 19.2 Å². The molecule has 4 heterocycles. The van der Waals surface area contributed by atoms with Crippen molar-refractivity contribution in [2.75, 3.05) is 10.8 Å². The highest BCUT2D eigenvalue weighted by atomic mass is 32.2. The van der Waals surface area contributed by atoms with Gasteiger partial charge in [0, 0.05) is 36.6 Å². The summed E-state index contributed by atoms with van der Waals surface area (Å²) < 4.78 is 3.28. The highest BCUT2D eigenvalue weighted by Gasteiger charge is 2.57. The van der Waals surface area contributed by atoms with E-state index in [9.17, 15) is 19.5 Å². The molecule has 0 unspecified atom stereocenters. The lowest BCUT2D eigenvalue weighted by Gasteiger charge is -2.36. The van der Waals surface area contributed by atoms with E-state index in [1.807, 2.05) is 72.2 Å². The number of carboxylic acid groups (broad SMARTS) is 1. The van der Waals surface area contributed by atoms with Crippen LogP contribution in [-0.2, 0) is 16.6 Å². The molecule has 0 bridgehead atoms. The lowest BCUT2D eigenvalue weighted by atomic mass is 9.81. The molecule has 2 atom stereocenters. The fourth-order valence-corrected chi connectivity index (χ4v) is 6.54. The standard InChI is InChI=1S/C29H27N5O4S/c1-29(2)26(32-16-23(27(36)37)39-17-32)25(18-7-5-4-6-8-18)33(28(29)38)20-9-11-22-19(13-20)14-30-34(22)21-10-12-24(35)31(3)15-21/h4-16,25-26H,17H2,1-3H3,(H,36,37)/t25-,26-/m0/s1. The Balaban J connectivity index is 1.46. The van der Waals surface area contributed by atoms with Crippen molar-refractivity contribution in [3.8, 4) is 5.69 Å². The normalized spacial score (nSPS) is 20.6. The van der Waals surface area contributed by atoms with Crippen LogP contribution >= 0.6 is 11.8 Å². The van der Waals surface area contributed by atoms with E-state index in [4.69, 9.17) is 0 Å². The zero-order chi connectivity index (χ0) is 27.5. The van der Waals surface area contributed by atoms with Crippen LogP contribution in [0.5, 0.6) is 0 Å². The third-order valence-electron chi connectivity index (χ3n) is 7.59. The van der Waals surface area contributed by atoms with E-state index in [-0.39, 0.29) is 28.5 Å². The van der Waals surface area contributed by atoms with Crippen molar-refractivity contribution in [2.24, 2.45) is 12.5 Å². The minimum absolute atomic E-state index is 0.0340. The average Bonchev–Trinajstić information content (AvgIpc) is 3.62. The maximum absolute atomic E-state index is 14.1. The second kappa shape index (κ2) is 9.16. The predicted octanol–water partition coefficient (Wildman–Crippen LogP) is 4.14. The van der Waals surface area contributed by atoms with E-state index >= 15 is 0 Å². The summed E-state index contributed by atoms with van der Waals surface area (Å²) in [6, 6.07) is 18.3. The van der Waals surface area contributed by atoms with Gasteiger partial charge in [0.2, 0.25) is 11.5 Å². The summed E-state index contributed by atoms with van der Waals surface area (Å²) >= 11 is 1.27. The van der Waals surface area contributed by atoms with Crippen LogP contribution in [-0.4, -0.2) is 48.1 Å². The summed E-state index contributed by atoms with van der Waals surface area (Å²) in [5.74, 6) is -0.530. The Morgan fingerprint density at radius 2 is 1.79 bits per heavy atom. The minimum atomic E-state index is -0.960. The summed E-state index contributed by atoms with van der Waals surface area (Å²) in [7, 11) is 1.70. The summed E-state index contributed by atoms with van der Waals surface area (Å²) in [6.45, 7) is 3.87. The van der Waals surface area contributed by atoms with Crippen molar-refractivity contribution in [2.45, 2.75) is 25.9 Å². The molecular formula is C29H27N5O4S. The van der Waals surface area contributed by atoms with E-state index in [0.29, 0.717) is 5.88 Å². The fraction of sp³-hybridized carbons (Fsp3) is 0.241. The molecule has 39 heavy (non-hydrogen) atoms. The molecule has 9 nitrogen and oxygen atoms in total. The van der Waals surface area contributed by atoms with Crippen LogP contribution in [0.2, 0.25) is 0 Å². The smallest absolute Gasteiger partial charge is 0.343 e. The molecule has 0 saturated carbocycles. The number of fused-ring (bicyclic) bond motifs is 1. The van der Waals surface area contributed by atoms with Crippen LogP contribution < -0.4 is 10.5 Å². The first-order valence-corrected chi connectivity index (χ1v) is 13.5. The number of benzene rings is 2. The van der Waals surface area contributed by atoms with Gasteiger partial charge in [0.05, 0.1) is 40.8 Å². The van der Waals surface area contributed by atoms with Gasteiger partial charge in [-0.2, -0.15) is 5.10 Å². The van der Waals surface area contributed by atoms with E-state index in [1.165, 1.54) is 22.4 Å². The number of aromatic nitrogens is 3. The lowest BCUT2D eigenvalue weighted by molar-refractivity contribution is -0.131. The Bertz CT molecular complexity index is 1710. The maximum Gasteiger partial charge on any atom is 0.343 e. The van der Waals surface area contributed by atoms with Crippen molar-refractivity contribution < 1.29 is 14.7 Å². The molecule has 1 amide bonds. The fourth-order valence-electron chi connectivity index (χ4n) is 5.68. The van der Waals surface area contributed by atoms with Gasteiger partial charge in [0.1, 0.15) is 4.91 Å². The number of hydrogen-bond acceptors (Lipinski definition) is 6. The first-order valence-electron chi connectivity index (χ1n) is 12.5. The summed E-state index contributed by atoms with van der Waals surface area (Å²) in [5.41, 5.74) is 2.43. The molecule has 1 fully saturated rings. The molecule has 2 aromatic carbocycles. The van der Waals surface area contributed by atoms with Gasteiger partial charge >= 0.3 is 5.97 Å². The van der Waals surface area contributed by atoms with Gasteiger partial charge in [-0.25, -0.2) is 9.48 Å². The van der Waals surface area contributed by atoms with Crippen LogP contribution in [0.3, 0.4) is 0 Å². The van der Waals surface area contributed by atoms with Crippen molar-refractivity contribution in [3.63, 3.8) is 0 Å². The van der Waals surface area contributed by atoms with Gasteiger partial charge in [0.15, 0.2) is 0 Å². The van der Waals surface area contributed by atoms with Crippen molar-refractivity contribution in [3.05, 3.63) is 100 Å². The number of carbonyl (C=O) groups excluding carboxylic acids is 1. The lowest BCUT2D eigenvalue weighted by Crippen LogP contribution is -2.43. The molecular weight excluding hydrogens is 514 g/mol. The van der Waals surface area contributed by atoms with Gasteiger partial charge in [-0.1, -0.05) is 42.1 Å². The number of amides is 1.